The lowest BCUT2D eigenvalue weighted by atomic mass is 10.2. The number of amides is 1. The fourth-order valence-electron chi connectivity index (χ4n) is 1.71. The number of rotatable bonds is 3. The first-order valence-electron chi connectivity index (χ1n) is 7.52. The van der Waals surface area contributed by atoms with Gasteiger partial charge in [0.2, 0.25) is 5.95 Å². The molecular formula is C18H20N4O2. The van der Waals surface area contributed by atoms with Crippen molar-refractivity contribution in [2.75, 3.05) is 11.9 Å². The summed E-state index contributed by atoms with van der Waals surface area (Å²) in [5, 5.41) is 5.68. The number of carbonyl (C=O) groups excluding carboxylic acids is 1. The van der Waals surface area contributed by atoms with Crippen LogP contribution in [0, 0.1) is 11.8 Å². The fourth-order valence-corrected chi connectivity index (χ4v) is 1.71. The minimum atomic E-state index is -0.511. The molecule has 1 amide bonds. The largest absolute Gasteiger partial charge is 0.444 e. The van der Waals surface area contributed by atoms with Crippen LogP contribution in [0.3, 0.4) is 0 Å². The average Bonchev–Trinajstić information content (AvgIpc) is 2.52. The highest BCUT2D eigenvalue weighted by Crippen LogP contribution is 2.12. The molecule has 2 aromatic rings. The van der Waals surface area contributed by atoms with Crippen molar-refractivity contribution in [3.05, 3.63) is 48.3 Å². The van der Waals surface area contributed by atoms with Gasteiger partial charge in [0.15, 0.2) is 0 Å². The molecule has 2 N–H and O–H groups in total. The number of hydrogen-bond donors (Lipinski definition) is 2. The number of hydrogen-bond acceptors (Lipinski definition) is 5. The molecule has 0 saturated carbocycles. The van der Waals surface area contributed by atoms with Gasteiger partial charge in [-0.3, -0.25) is 0 Å². The van der Waals surface area contributed by atoms with Crippen LogP contribution in [-0.2, 0) is 4.74 Å². The lowest BCUT2D eigenvalue weighted by molar-refractivity contribution is 0.0535. The zero-order valence-corrected chi connectivity index (χ0v) is 14.0. The highest BCUT2D eigenvalue weighted by Gasteiger charge is 2.14. The minimum Gasteiger partial charge on any atom is -0.444 e. The Hall–Kier alpha value is -3.07. The second-order valence-corrected chi connectivity index (χ2v) is 5.93. The van der Waals surface area contributed by atoms with Gasteiger partial charge in [0, 0.05) is 23.6 Å². The van der Waals surface area contributed by atoms with Crippen molar-refractivity contribution in [3.63, 3.8) is 0 Å². The maximum absolute atomic E-state index is 11.5. The van der Waals surface area contributed by atoms with Crippen molar-refractivity contribution in [2.45, 2.75) is 26.4 Å². The Bertz CT molecular complexity index is 726. The van der Waals surface area contributed by atoms with Gasteiger partial charge in [-0.15, -0.1) is 0 Å². The molecule has 0 aliphatic heterocycles. The van der Waals surface area contributed by atoms with Crippen LogP contribution in [0.15, 0.2) is 42.7 Å². The van der Waals surface area contributed by atoms with E-state index in [1.54, 1.807) is 18.5 Å². The molecule has 124 valence electrons. The van der Waals surface area contributed by atoms with Crippen LogP contribution in [0.1, 0.15) is 26.3 Å². The van der Waals surface area contributed by atoms with E-state index in [0.717, 1.165) is 11.3 Å². The molecule has 0 bridgehead atoms. The van der Waals surface area contributed by atoms with Gasteiger partial charge in [-0.2, -0.15) is 0 Å². The molecule has 0 unspecified atom stereocenters. The third kappa shape index (κ3) is 6.36. The van der Waals surface area contributed by atoms with Crippen LogP contribution in [0.2, 0.25) is 0 Å². The summed E-state index contributed by atoms with van der Waals surface area (Å²) < 4.78 is 5.12. The van der Waals surface area contributed by atoms with E-state index in [2.05, 4.69) is 32.4 Å². The Morgan fingerprint density at radius 1 is 1.17 bits per heavy atom. The second kappa shape index (κ2) is 7.97. The van der Waals surface area contributed by atoms with Crippen LogP contribution in [0.4, 0.5) is 16.4 Å². The predicted octanol–water partition coefficient (Wildman–Crippen LogP) is 3.10. The maximum Gasteiger partial charge on any atom is 0.408 e. The van der Waals surface area contributed by atoms with Crippen molar-refractivity contribution in [1.29, 1.82) is 0 Å². The smallest absolute Gasteiger partial charge is 0.408 e. The molecule has 0 fully saturated rings. The van der Waals surface area contributed by atoms with Crippen LogP contribution in [-0.4, -0.2) is 28.2 Å². The summed E-state index contributed by atoms with van der Waals surface area (Å²) >= 11 is 0. The molecule has 0 radical (unpaired) electrons. The lowest BCUT2D eigenvalue weighted by Crippen LogP contribution is -2.32. The molecule has 6 heteroatoms. The monoisotopic (exact) mass is 324 g/mol. The topological polar surface area (TPSA) is 76.1 Å². The normalized spacial score (nSPS) is 10.3. The van der Waals surface area contributed by atoms with Crippen molar-refractivity contribution < 1.29 is 9.53 Å². The second-order valence-electron chi connectivity index (χ2n) is 5.93. The van der Waals surface area contributed by atoms with Gasteiger partial charge in [0.1, 0.15) is 5.60 Å². The van der Waals surface area contributed by atoms with E-state index in [9.17, 15) is 4.79 Å². The molecule has 1 aromatic heterocycles. The van der Waals surface area contributed by atoms with Gasteiger partial charge < -0.3 is 15.4 Å². The first kappa shape index (κ1) is 17.3. The maximum atomic E-state index is 11.5. The average molecular weight is 324 g/mol. The number of benzene rings is 1. The highest BCUT2D eigenvalue weighted by molar-refractivity contribution is 5.68. The first-order valence-corrected chi connectivity index (χ1v) is 7.52. The molecule has 0 aliphatic carbocycles. The van der Waals surface area contributed by atoms with Crippen LogP contribution in [0.25, 0.3) is 0 Å². The third-order valence-electron chi connectivity index (χ3n) is 2.66. The molecule has 1 aromatic carbocycles. The third-order valence-corrected chi connectivity index (χ3v) is 2.66. The Labute approximate surface area is 141 Å². The van der Waals surface area contributed by atoms with Gasteiger partial charge >= 0.3 is 6.09 Å². The van der Waals surface area contributed by atoms with Gasteiger partial charge in [0.05, 0.1) is 6.54 Å². The fraction of sp³-hybridized carbons (Fsp3) is 0.278. The summed E-state index contributed by atoms with van der Waals surface area (Å²) in [6, 6.07) is 9.30. The van der Waals surface area contributed by atoms with Gasteiger partial charge in [-0.1, -0.05) is 11.8 Å². The molecular weight excluding hydrogens is 304 g/mol. The SMILES string of the molecule is CC(C)(C)OC(=O)NCC#Cc1ccc(Nc2ncccn2)cc1. The van der Waals surface area contributed by atoms with Crippen molar-refractivity contribution in [1.82, 2.24) is 15.3 Å². The van der Waals surface area contributed by atoms with Crippen molar-refractivity contribution in [2.24, 2.45) is 0 Å². The summed E-state index contributed by atoms with van der Waals surface area (Å²) in [5.41, 5.74) is 1.21. The molecule has 0 atom stereocenters. The lowest BCUT2D eigenvalue weighted by Gasteiger charge is -2.18. The molecule has 6 nitrogen and oxygen atoms in total. The minimum absolute atomic E-state index is 0.229. The summed E-state index contributed by atoms with van der Waals surface area (Å²) in [5.74, 6) is 6.39. The predicted molar refractivity (Wildman–Crippen MR) is 92.9 cm³/mol. The summed E-state index contributed by atoms with van der Waals surface area (Å²) in [7, 11) is 0. The number of carbonyl (C=O) groups is 1. The van der Waals surface area contributed by atoms with E-state index in [1.165, 1.54) is 0 Å². The van der Waals surface area contributed by atoms with Crippen molar-refractivity contribution >= 4 is 17.7 Å². The van der Waals surface area contributed by atoms with E-state index < -0.39 is 11.7 Å². The summed E-state index contributed by atoms with van der Waals surface area (Å²) in [6.45, 7) is 5.67. The van der Waals surface area contributed by atoms with E-state index >= 15 is 0 Å². The number of nitrogens with zero attached hydrogens (tertiary/aromatic N) is 2. The number of aromatic nitrogens is 2. The van der Waals surface area contributed by atoms with Crippen LogP contribution >= 0.6 is 0 Å². The van der Waals surface area contributed by atoms with Crippen LogP contribution < -0.4 is 10.6 Å². The number of nitrogens with one attached hydrogen (secondary N) is 2. The molecule has 0 spiro atoms. The zero-order valence-electron chi connectivity index (χ0n) is 14.0. The van der Waals surface area contributed by atoms with E-state index in [-0.39, 0.29) is 6.54 Å². The van der Waals surface area contributed by atoms with E-state index in [0.29, 0.717) is 5.95 Å². The van der Waals surface area contributed by atoms with E-state index in [1.807, 2.05) is 45.0 Å². The molecule has 1 heterocycles. The number of alkyl carbamates (subject to hydrolysis) is 1. The Morgan fingerprint density at radius 3 is 2.46 bits per heavy atom. The Morgan fingerprint density at radius 2 is 1.83 bits per heavy atom. The zero-order chi connectivity index (χ0) is 17.4. The van der Waals surface area contributed by atoms with Gasteiger partial charge in [-0.05, 0) is 51.1 Å². The first-order chi connectivity index (χ1) is 11.4. The van der Waals surface area contributed by atoms with Crippen molar-refractivity contribution in [3.8, 4) is 11.8 Å². The summed E-state index contributed by atoms with van der Waals surface area (Å²) in [4.78, 5) is 19.7. The van der Waals surface area contributed by atoms with Crippen LogP contribution in [0.5, 0.6) is 0 Å². The molecule has 0 saturated heterocycles. The highest BCUT2D eigenvalue weighted by atomic mass is 16.6. The Kier molecular flexibility index (Phi) is 5.74. The quantitative estimate of drug-likeness (QED) is 0.849. The molecule has 24 heavy (non-hydrogen) atoms. The molecule has 0 aliphatic rings. The number of anilines is 2. The molecule has 2 rings (SSSR count). The standard InChI is InChI=1S/C18H20N4O2/c1-18(2,3)24-17(23)21-11-4-6-14-7-9-15(10-8-14)22-16-19-12-5-13-20-16/h5,7-10,12-13H,11H2,1-3H3,(H,21,23)(H,19,20,22). The summed E-state index contributed by atoms with van der Waals surface area (Å²) in [6.07, 6.45) is 2.87. The van der Waals surface area contributed by atoms with Gasteiger partial charge in [0.25, 0.3) is 0 Å². The number of ether oxygens (including phenoxy) is 1. The van der Waals surface area contributed by atoms with Gasteiger partial charge in [-0.25, -0.2) is 14.8 Å². The van der Waals surface area contributed by atoms with E-state index in [4.69, 9.17) is 4.74 Å². The Balaban J connectivity index is 1.83.